The minimum atomic E-state index is -5.80. The molecule has 0 unspecified atom stereocenters. The number of pyridine rings is 1. The normalized spacial score (nSPS) is 12.3. The average molecular weight is 334 g/mol. The lowest BCUT2D eigenvalue weighted by atomic mass is 10.1. The van der Waals surface area contributed by atoms with Crippen LogP contribution < -0.4 is 5.32 Å². The summed E-state index contributed by atoms with van der Waals surface area (Å²) in [6, 6.07) is 3.10. The first-order chi connectivity index (χ1) is 10.6. The Morgan fingerprint density at radius 1 is 1.26 bits per heavy atom. The van der Waals surface area contributed by atoms with Gasteiger partial charge in [0.1, 0.15) is 12.4 Å². The minimum absolute atomic E-state index is 0.346. The molecule has 2 heterocycles. The number of halogens is 5. The third kappa shape index (κ3) is 3.63. The second kappa shape index (κ2) is 5.94. The molecule has 1 amide bonds. The zero-order valence-corrected chi connectivity index (χ0v) is 11.7. The highest BCUT2D eigenvalue weighted by molar-refractivity contribution is 5.90. The van der Waals surface area contributed by atoms with Gasteiger partial charge in [-0.3, -0.25) is 9.48 Å². The van der Waals surface area contributed by atoms with E-state index in [1.165, 1.54) is 10.9 Å². The fraction of sp³-hybridized carbons (Fsp3) is 0.308. The number of aryl methyl sites for hydroxylation is 1. The molecule has 5 nitrogen and oxygen atoms in total. The summed E-state index contributed by atoms with van der Waals surface area (Å²) in [5.41, 5.74) is -0.794. The zero-order valence-electron chi connectivity index (χ0n) is 11.7. The van der Waals surface area contributed by atoms with Crippen LogP contribution in [0.5, 0.6) is 0 Å². The lowest BCUT2D eigenvalue weighted by molar-refractivity contribution is -0.289. The topological polar surface area (TPSA) is 59.8 Å². The van der Waals surface area contributed by atoms with E-state index in [4.69, 9.17) is 0 Å². The van der Waals surface area contributed by atoms with Crippen LogP contribution in [0.2, 0.25) is 0 Å². The fourth-order valence-corrected chi connectivity index (χ4v) is 1.78. The van der Waals surface area contributed by atoms with Gasteiger partial charge in [0.2, 0.25) is 5.91 Å². The van der Waals surface area contributed by atoms with Gasteiger partial charge in [-0.1, -0.05) is 0 Å². The van der Waals surface area contributed by atoms with Gasteiger partial charge >= 0.3 is 12.1 Å². The van der Waals surface area contributed by atoms with Gasteiger partial charge in [-0.2, -0.15) is 27.1 Å². The Morgan fingerprint density at radius 3 is 2.52 bits per heavy atom. The summed E-state index contributed by atoms with van der Waals surface area (Å²) in [6.07, 6.45) is -3.32. The van der Waals surface area contributed by atoms with Gasteiger partial charge in [-0.05, 0) is 25.1 Å². The van der Waals surface area contributed by atoms with Gasteiger partial charge < -0.3 is 5.32 Å². The summed E-state index contributed by atoms with van der Waals surface area (Å²) in [7, 11) is 0. The SMILES string of the molecule is Cc1ccn(CC(=O)Nc2ncccc2C(F)(F)C(F)(F)F)n1. The molecule has 23 heavy (non-hydrogen) atoms. The molecule has 0 atom stereocenters. The van der Waals surface area contributed by atoms with Crippen LogP contribution in [-0.2, 0) is 17.3 Å². The summed E-state index contributed by atoms with van der Waals surface area (Å²) in [6.45, 7) is 1.33. The molecule has 0 aliphatic heterocycles. The van der Waals surface area contributed by atoms with Crippen molar-refractivity contribution in [1.82, 2.24) is 14.8 Å². The van der Waals surface area contributed by atoms with Crippen LogP contribution in [0.15, 0.2) is 30.6 Å². The standard InChI is InChI=1S/C13H11F5N4O/c1-8-4-6-22(21-8)7-10(23)20-11-9(3-2-5-19-11)12(14,15)13(16,17)18/h2-6H,7H2,1H3,(H,19,20,23). The molecule has 2 aromatic rings. The van der Waals surface area contributed by atoms with E-state index >= 15 is 0 Å². The predicted octanol–water partition coefficient (Wildman–Crippen LogP) is 2.88. The van der Waals surface area contributed by atoms with Crippen LogP contribution in [0.4, 0.5) is 27.8 Å². The number of amides is 1. The van der Waals surface area contributed by atoms with Gasteiger partial charge in [0.15, 0.2) is 0 Å². The number of anilines is 1. The third-order valence-corrected chi connectivity index (χ3v) is 2.84. The number of rotatable bonds is 4. The molecule has 0 bridgehead atoms. The fourth-order valence-electron chi connectivity index (χ4n) is 1.78. The predicted molar refractivity (Wildman–Crippen MR) is 69.8 cm³/mol. The van der Waals surface area contributed by atoms with E-state index in [-0.39, 0.29) is 6.54 Å². The van der Waals surface area contributed by atoms with E-state index in [0.717, 1.165) is 12.3 Å². The van der Waals surface area contributed by atoms with Crippen LogP contribution in [0.1, 0.15) is 11.3 Å². The van der Waals surface area contributed by atoms with Crippen LogP contribution in [0.25, 0.3) is 0 Å². The molecule has 0 aliphatic rings. The summed E-state index contributed by atoms with van der Waals surface area (Å²) in [5.74, 6) is -6.80. The first-order valence-corrected chi connectivity index (χ1v) is 6.31. The van der Waals surface area contributed by atoms with Crippen molar-refractivity contribution in [2.75, 3.05) is 5.32 Å². The van der Waals surface area contributed by atoms with Gasteiger partial charge in [-0.25, -0.2) is 4.98 Å². The second-order valence-corrected chi connectivity index (χ2v) is 4.67. The van der Waals surface area contributed by atoms with Gasteiger partial charge in [0, 0.05) is 12.4 Å². The number of carbonyl (C=O) groups excluding carboxylic acids is 1. The van der Waals surface area contributed by atoms with Crippen LogP contribution in [-0.4, -0.2) is 26.8 Å². The first-order valence-electron chi connectivity index (χ1n) is 6.31. The molecule has 1 N–H and O–H groups in total. The number of hydrogen-bond acceptors (Lipinski definition) is 3. The van der Waals surface area contributed by atoms with Gasteiger partial charge in [0.05, 0.1) is 11.3 Å². The van der Waals surface area contributed by atoms with Crippen LogP contribution in [0, 0.1) is 6.92 Å². The van der Waals surface area contributed by atoms with E-state index < -0.39 is 29.4 Å². The Kier molecular flexibility index (Phi) is 4.35. The molecule has 0 saturated heterocycles. The Morgan fingerprint density at radius 2 is 1.96 bits per heavy atom. The Balaban J connectivity index is 2.22. The van der Waals surface area contributed by atoms with Crippen molar-refractivity contribution in [2.24, 2.45) is 0 Å². The number of carbonyl (C=O) groups is 1. The van der Waals surface area contributed by atoms with E-state index in [0.29, 0.717) is 11.8 Å². The monoisotopic (exact) mass is 334 g/mol. The molecule has 0 aliphatic carbocycles. The summed E-state index contributed by atoms with van der Waals surface area (Å²) < 4.78 is 65.6. The number of hydrogen-bond donors (Lipinski definition) is 1. The lowest BCUT2D eigenvalue weighted by Crippen LogP contribution is -2.35. The number of nitrogens with zero attached hydrogens (tertiary/aromatic N) is 3. The molecule has 0 fully saturated rings. The van der Waals surface area contributed by atoms with Crippen molar-refractivity contribution in [3.05, 3.63) is 41.9 Å². The molecular formula is C13H11F5N4O. The van der Waals surface area contributed by atoms with Gasteiger partial charge in [0.25, 0.3) is 0 Å². The maximum absolute atomic E-state index is 13.5. The minimum Gasteiger partial charge on any atom is -0.309 e. The molecular weight excluding hydrogens is 323 g/mol. The smallest absolute Gasteiger partial charge is 0.309 e. The van der Waals surface area contributed by atoms with E-state index in [9.17, 15) is 26.7 Å². The average Bonchev–Trinajstić information content (AvgIpc) is 2.83. The van der Waals surface area contributed by atoms with Crippen molar-refractivity contribution in [2.45, 2.75) is 25.6 Å². The van der Waals surface area contributed by atoms with E-state index in [1.54, 1.807) is 13.0 Å². The Bertz CT molecular complexity index is 710. The highest BCUT2D eigenvalue weighted by Crippen LogP contribution is 2.45. The summed E-state index contributed by atoms with van der Waals surface area (Å²) in [5, 5.41) is 5.87. The van der Waals surface area contributed by atoms with E-state index in [1.807, 2.05) is 5.32 Å². The number of nitrogens with one attached hydrogen (secondary N) is 1. The van der Waals surface area contributed by atoms with Crippen molar-refractivity contribution in [3.8, 4) is 0 Å². The van der Waals surface area contributed by atoms with E-state index in [2.05, 4.69) is 10.1 Å². The third-order valence-electron chi connectivity index (χ3n) is 2.84. The van der Waals surface area contributed by atoms with Gasteiger partial charge in [-0.15, -0.1) is 0 Å². The summed E-state index contributed by atoms with van der Waals surface area (Å²) >= 11 is 0. The Labute approximate surface area is 127 Å². The molecule has 124 valence electrons. The maximum atomic E-state index is 13.5. The Hall–Kier alpha value is -2.52. The largest absolute Gasteiger partial charge is 0.458 e. The van der Waals surface area contributed by atoms with Crippen molar-refractivity contribution < 1.29 is 26.7 Å². The molecule has 10 heteroatoms. The molecule has 0 radical (unpaired) electrons. The molecule has 2 rings (SSSR count). The second-order valence-electron chi connectivity index (χ2n) is 4.67. The van der Waals surface area contributed by atoms with Crippen molar-refractivity contribution in [1.29, 1.82) is 0 Å². The van der Waals surface area contributed by atoms with Crippen molar-refractivity contribution in [3.63, 3.8) is 0 Å². The van der Waals surface area contributed by atoms with Crippen LogP contribution >= 0.6 is 0 Å². The number of alkyl halides is 5. The van der Waals surface area contributed by atoms with Crippen LogP contribution in [0.3, 0.4) is 0 Å². The molecule has 0 aromatic carbocycles. The highest BCUT2D eigenvalue weighted by atomic mass is 19.4. The first kappa shape index (κ1) is 16.8. The quantitative estimate of drug-likeness (QED) is 0.875. The summed E-state index contributed by atoms with van der Waals surface area (Å²) in [4.78, 5) is 15.2. The lowest BCUT2D eigenvalue weighted by Gasteiger charge is -2.21. The highest BCUT2D eigenvalue weighted by Gasteiger charge is 2.60. The molecule has 2 aromatic heterocycles. The molecule has 0 saturated carbocycles. The van der Waals surface area contributed by atoms with Crippen molar-refractivity contribution >= 4 is 11.7 Å². The zero-order chi connectivity index (χ0) is 17.3. The number of aromatic nitrogens is 3. The maximum Gasteiger partial charge on any atom is 0.458 e. The molecule has 0 spiro atoms.